The lowest BCUT2D eigenvalue weighted by Crippen LogP contribution is -2.39. The highest BCUT2D eigenvalue weighted by Crippen LogP contribution is 2.51. The smallest absolute Gasteiger partial charge is 0.223 e. The van der Waals surface area contributed by atoms with Crippen molar-refractivity contribution in [3.8, 4) is 5.75 Å². The van der Waals surface area contributed by atoms with Crippen molar-refractivity contribution in [2.24, 2.45) is 11.8 Å². The number of halogens is 1. The number of nitrogens with zero attached hydrogens (tertiary/aromatic N) is 1. The van der Waals surface area contributed by atoms with Crippen LogP contribution in [0.3, 0.4) is 0 Å². The van der Waals surface area contributed by atoms with Crippen molar-refractivity contribution in [3.05, 3.63) is 29.8 Å². The third-order valence-electron chi connectivity index (χ3n) is 4.29. The fourth-order valence-electron chi connectivity index (χ4n) is 3.13. The fourth-order valence-corrected chi connectivity index (χ4v) is 3.74. The van der Waals surface area contributed by atoms with Gasteiger partial charge in [-0.25, -0.2) is 0 Å². The second-order valence-corrected chi connectivity index (χ2v) is 6.07. The quantitative estimate of drug-likeness (QED) is 0.796. The van der Waals surface area contributed by atoms with E-state index >= 15 is 0 Å². The maximum absolute atomic E-state index is 12.2. The van der Waals surface area contributed by atoms with Gasteiger partial charge in [0, 0.05) is 18.9 Å². The summed E-state index contributed by atoms with van der Waals surface area (Å²) in [6.07, 6.45) is 0.626. The van der Waals surface area contributed by atoms with E-state index in [9.17, 15) is 4.79 Å². The highest BCUT2D eigenvalue weighted by Gasteiger charge is 2.59. The monoisotopic (exact) mass is 279 g/mol. The number of methoxy groups -OCH3 is 1. The molecule has 2 fully saturated rings. The second kappa shape index (κ2) is 4.71. The first kappa shape index (κ1) is 12.8. The molecule has 1 heterocycles. The molecule has 2 aliphatic rings. The average Bonchev–Trinajstić information content (AvgIpc) is 3.07. The number of alkyl halides is 1. The molecule has 0 spiro atoms. The van der Waals surface area contributed by atoms with E-state index in [-0.39, 0.29) is 17.3 Å². The van der Waals surface area contributed by atoms with E-state index < -0.39 is 0 Å². The molecule has 0 radical (unpaired) electrons. The summed E-state index contributed by atoms with van der Waals surface area (Å²) in [4.78, 5) is 14.1. The maximum atomic E-state index is 12.2. The van der Waals surface area contributed by atoms with Gasteiger partial charge < -0.3 is 9.64 Å². The van der Waals surface area contributed by atoms with E-state index in [0.29, 0.717) is 24.8 Å². The molecule has 1 aromatic rings. The van der Waals surface area contributed by atoms with Crippen LogP contribution in [-0.4, -0.2) is 29.3 Å². The van der Waals surface area contributed by atoms with E-state index in [1.54, 1.807) is 7.11 Å². The van der Waals surface area contributed by atoms with E-state index in [1.165, 1.54) is 0 Å². The van der Waals surface area contributed by atoms with Gasteiger partial charge >= 0.3 is 0 Å². The zero-order valence-electron chi connectivity index (χ0n) is 11.2. The summed E-state index contributed by atoms with van der Waals surface area (Å²) in [6, 6.07) is 8.10. The molecule has 0 aromatic heterocycles. The van der Waals surface area contributed by atoms with Crippen molar-refractivity contribution in [1.82, 2.24) is 4.90 Å². The van der Waals surface area contributed by atoms with Gasteiger partial charge in [0.05, 0.1) is 18.5 Å². The van der Waals surface area contributed by atoms with Crippen molar-refractivity contribution in [2.45, 2.75) is 31.3 Å². The van der Waals surface area contributed by atoms with Gasteiger partial charge in [0.1, 0.15) is 5.75 Å². The van der Waals surface area contributed by atoms with Gasteiger partial charge in [-0.15, -0.1) is 11.6 Å². The molecule has 0 bridgehead atoms. The molecule has 0 N–H and O–H groups in total. The van der Waals surface area contributed by atoms with E-state index in [0.717, 1.165) is 11.3 Å². The number of ether oxygens (including phenoxy) is 1. The minimum absolute atomic E-state index is 0.139. The normalized spacial score (nSPS) is 33.0. The molecule has 1 aromatic carbocycles. The van der Waals surface area contributed by atoms with Gasteiger partial charge in [0.25, 0.3) is 0 Å². The first-order chi connectivity index (χ1) is 9.11. The van der Waals surface area contributed by atoms with Crippen LogP contribution in [0.4, 0.5) is 0 Å². The molecule has 3 rings (SSSR count). The summed E-state index contributed by atoms with van der Waals surface area (Å²) in [6.45, 7) is 2.78. The Morgan fingerprint density at radius 1 is 1.37 bits per heavy atom. The summed E-state index contributed by atoms with van der Waals surface area (Å²) < 4.78 is 5.14. The van der Waals surface area contributed by atoms with Crippen molar-refractivity contribution in [1.29, 1.82) is 0 Å². The number of piperidine rings is 1. The number of benzene rings is 1. The predicted octanol–water partition coefficient (Wildman–Crippen LogP) is 2.67. The van der Waals surface area contributed by atoms with E-state index in [4.69, 9.17) is 16.3 Å². The van der Waals surface area contributed by atoms with Crippen LogP contribution < -0.4 is 4.74 Å². The Kier molecular flexibility index (Phi) is 3.17. The lowest BCUT2D eigenvalue weighted by molar-refractivity contribution is -0.135. The molecular weight excluding hydrogens is 262 g/mol. The van der Waals surface area contributed by atoms with Gasteiger partial charge in [-0.1, -0.05) is 19.1 Å². The molecule has 4 heteroatoms. The Balaban J connectivity index is 1.73. The second-order valence-electron chi connectivity index (χ2n) is 5.56. The molecule has 1 aliphatic carbocycles. The van der Waals surface area contributed by atoms with E-state index in [1.807, 2.05) is 29.2 Å². The summed E-state index contributed by atoms with van der Waals surface area (Å²) in [5, 5.41) is 0.139. The Hall–Kier alpha value is -1.22. The molecule has 1 amide bonds. The van der Waals surface area contributed by atoms with Crippen LogP contribution in [0.25, 0.3) is 0 Å². The highest BCUT2D eigenvalue weighted by molar-refractivity contribution is 6.24. The summed E-state index contributed by atoms with van der Waals surface area (Å²) >= 11 is 6.31. The van der Waals surface area contributed by atoms with Gasteiger partial charge in [0.15, 0.2) is 0 Å². The van der Waals surface area contributed by atoms with Crippen LogP contribution >= 0.6 is 11.6 Å². The molecule has 1 aliphatic heterocycles. The third-order valence-corrected chi connectivity index (χ3v) is 4.84. The summed E-state index contributed by atoms with van der Waals surface area (Å²) in [5.41, 5.74) is 1.12. The number of likely N-dealkylation sites (tertiary alicyclic amines) is 1. The van der Waals surface area contributed by atoms with E-state index in [2.05, 4.69) is 6.92 Å². The lowest BCUT2D eigenvalue weighted by atomic mass is 9.97. The van der Waals surface area contributed by atoms with Gasteiger partial charge in [-0.3, -0.25) is 4.79 Å². The fraction of sp³-hybridized carbons (Fsp3) is 0.533. The zero-order chi connectivity index (χ0) is 13.6. The van der Waals surface area contributed by atoms with Crippen LogP contribution in [0.1, 0.15) is 18.9 Å². The molecule has 1 saturated carbocycles. The Morgan fingerprint density at radius 3 is 2.68 bits per heavy atom. The molecule has 1 saturated heterocycles. The van der Waals surface area contributed by atoms with Crippen LogP contribution in [0, 0.1) is 11.8 Å². The van der Waals surface area contributed by atoms with Crippen molar-refractivity contribution >= 4 is 17.5 Å². The van der Waals surface area contributed by atoms with Crippen LogP contribution in [0.5, 0.6) is 5.75 Å². The van der Waals surface area contributed by atoms with Crippen molar-refractivity contribution < 1.29 is 9.53 Å². The predicted molar refractivity (Wildman–Crippen MR) is 74.2 cm³/mol. The molecule has 19 heavy (non-hydrogen) atoms. The summed E-state index contributed by atoms with van der Waals surface area (Å²) in [5.74, 6) is 1.97. The Labute approximate surface area is 118 Å². The van der Waals surface area contributed by atoms with Gasteiger partial charge in [-0.2, -0.15) is 0 Å². The van der Waals surface area contributed by atoms with Crippen LogP contribution in [0.2, 0.25) is 0 Å². The molecule has 4 atom stereocenters. The average molecular weight is 280 g/mol. The number of amides is 1. The SMILES string of the molecule is COc1ccc(CN2C(=O)C[C@H](C)[C@H]3C(Cl)[C@H]32)cc1. The minimum Gasteiger partial charge on any atom is -0.497 e. The number of carbonyl (C=O) groups excluding carboxylic acids is 1. The number of fused-ring (bicyclic) bond motifs is 1. The number of rotatable bonds is 3. The molecular formula is C15H18ClNO2. The van der Waals surface area contributed by atoms with Crippen LogP contribution in [0.15, 0.2) is 24.3 Å². The Bertz CT molecular complexity index is 487. The van der Waals surface area contributed by atoms with Crippen molar-refractivity contribution in [3.63, 3.8) is 0 Å². The topological polar surface area (TPSA) is 29.5 Å². The molecule has 102 valence electrons. The third kappa shape index (κ3) is 2.20. The van der Waals surface area contributed by atoms with Gasteiger partial charge in [0.2, 0.25) is 5.91 Å². The summed E-state index contributed by atoms with van der Waals surface area (Å²) in [7, 11) is 1.65. The first-order valence-electron chi connectivity index (χ1n) is 6.68. The molecule has 1 unspecified atom stereocenters. The first-order valence-corrected chi connectivity index (χ1v) is 7.12. The minimum atomic E-state index is 0.139. The lowest BCUT2D eigenvalue weighted by Gasteiger charge is -2.29. The molecule has 3 nitrogen and oxygen atoms in total. The number of carbonyl (C=O) groups is 1. The van der Waals surface area contributed by atoms with Crippen molar-refractivity contribution in [2.75, 3.05) is 7.11 Å². The maximum Gasteiger partial charge on any atom is 0.223 e. The largest absolute Gasteiger partial charge is 0.497 e. The zero-order valence-corrected chi connectivity index (χ0v) is 11.9. The number of hydrogen-bond acceptors (Lipinski definition) is 2. The highest BCUT2D eigenvalue weighted by atomic mass is 35.5. The van der Waals surface area contributed by atoms with Crippen LogP contribution in [-0.2, 0) is 11.3 Å². The number of hydrogen-bond donors (Lipinski definition) is 0. The Morgan fingerprint density at radius 2 is 2.05 bits per heavy atom. The van der Waals surface area contributed by atoms with Gasteiger partial charge in [-0.05, 0) is 23.6 Å². The standard InChI is InChI=1S/C15H18ClNO2/c1-9-7-12(18)17(15-13(9)14(15)16)8-10-3-5-11(19-2)6-4-10/h3-6,9,13-15H,7-8H2,1-2H3/t9-,13-,14?,15-/m0/s1.